The summed E-state index contributed by atoms with van der Waals surface area (Å²) in [5.74, 6) is 1.24. The lowest BCUT2D eigenvalue weighted by Crippen LogP contribution is -2.31. The van der Waals surface area contributed by atoms with Crippen LogP contribution in [0.1, 0.15) is 69.6 Å². The normalized spacial score (nSPS) is 12.4. The van der Waals surface area contributed by atoms with Crippen LogP contribution < -0.4 is 4.57 Å². The summed E-state index contributed by atoms with van der Waals surface area (Å²) in [5.41, 5.74) is 11.4. The molecule has 2 nitrogen and oxygen atoms in total. The lowest BCUT2D eigenvalue weighted by atomic mass is 9.87. The maximum absolute atomic E-state index is 14.5. The maximum atomic E-state index is 14.5. The number of halogens is 2. The Balaban J connectivity index is 1.55. The minimum atomic E-state index is -3.71. The Morgan fingerprint density at radius 1 is 0.646 bits per heavy atom. The van der Waals surface area contributed by atoms with Gasteiger partial charge in [-0.1, -0.05) is 119 Å². The van der Waals surface area contributed by atoms with Crippen molar-refractivity contribution in [2.24, 2.45) is 7.05 Å². The van der Waals surface area contributed by atoms with Crippen molar-refractivity contribution in [1.29, 1.82) is 0 Å². The van der Waals surface area contributed by atoms with Crippen LogP contribution in [0.15, 0.2) is 121 Å². The summed E-state index contributed by atoms with van der Waals surface area (Å²) < 4.78 is 40.8. The maximum Gasteiger partial charge on any atom is 0.295 e. The van der Waals surface area contributed by atoms with E-state index < -0.39 is 6.40 Å². The molecule has 0 saturated heterocycles. The van der Waals surface area contributed by atoms with Crippen LogP contribution in [0.3, 0.4) is 0 Å². The Morgan fingerprint density at radius 2 is 1.23 bits per heavy atom. The van der Waals surface area contributed by atoms with E-state index in [2.05, 4.69) is 124 Å². The minimum Gasteiger partial charge on any atom is -0.225 e. The fraction of sp³-hybridized carbons (Fsp3) is 0.205. The van der Waals surface area contributed by atoms with Crippen LogP contribution in [-0.4, -0.2) is 4.57 Å². The first-order valence-electron chi connectivity index (χ1n) is 17.2. The Hall–Kier alpha value is -5.09. The quantitative estimate of drug-likeness (QED) is 0.154. The van der Waals surface area contributed by atoms with Gasteiger partial charge in [0.1, 0.15) is 7.06 Å². The van der Waals surface area contributed by atoms with Crippen molar-refractivity contribution in [2.45, 2.75) is 52.9 Å². The Kier molecular flexibility index (Phi) is 7.88. The molecule has 0 aliphatic heterocycles. The van der Waals surface area contributed by atoms with E-state index in [0.29, 0.717) is 5.52 Å². The first kappa shape index (κ1) is 30.3. The molecule has 0 spiro atoms. The molecule has 1 heterocycles. The molecule has 240 valence electrons. The number of rotatable bonds is 7. The highest BCUT2D eigenvalue weighted by Crippen LogP contribution is 2.42. The number of hydrogen-bond donors (Lipinski definition) is 0. The van der Waals surface area contributed by atoms with E-state index in [1.54, 1.807) is 6.07 Å². The third kappa shape index (κ3) is 5.39. The average Bonchev–Trinajstić information content (AvgIpc) is 3.38. The van der Waals surface area contributed by atoms with Gasteiger partial charge in [-0.3, -0.25) is 0 Å². The molecule has 4 heteroatoms. The van der Waals surface area contributed by atoms with E-state index in [0.717, 1.165) is 50.1 Å². The predicted octanol–water partition coefficient (Wildman–Crippen LogP) is 12.1. The van der Waals surface area contributed by atoms with E-state index in [9.17, 15) is 8.78 Å². The third-order valence-corrected chi connectivity index (χ3v) is 9.65. The number of aryl methyl sites for hydroxylation is 2. The first-order chi connectivity index (χ1) is 23.4. The highest BCUT2D eigenvalue weighted by atomic mass is 19.3. The second-order valence-corrected chi connectivity index (χ2v) is 13.4. The molecular weight excluding hydrogens is 594 g/mol. The topological polar surface area (TPSA) is 8.81 Å². The van der Waals surface area contributed by atoms with E-state index in [1.807, 2.05) is 29.8 Å². The zero-order chi connectivity index (χ0) is 34.6. The molecule has 0 unspecified atom stereocenters. The largest absolute Gasteiger partial charge is 0.295 e. The summed E-state index contributed by atoms with van der Waals surface area (Å²) in [6, 6.07) is 41.0. The molecule has 0 atom stereocenters. The van der Waals surface area contributed by atoms with Crippen LogP contribution in [0, 0.1) is 6.92 Å². The van der Waals surface area contributed by atoms with Crippen molar-refractivity contribution in [3.05, 3.63) is 144 Å². The highest BCUT2D eigenvalue weighted by molar-refractivity contribution is 5.98. The van der Waals surface area contributed by atoms with Crippen LogP contribution in [0.25, 0.3) is 61.1 Å². The van der Waals surface area contributed by atoms with Crippen LogP contribution in [0.2, 0.25) is 0 Å². The molecule has 7 rings (SSSR count). The molecule has 7 aromatic rings. The summed E-state index contributed by atoms with van der Waals surface area (Å²) in [7, 11) is 1.95. The Labute approximate surface area is 283 Å². The first-order valence-corrected chi connectivity index (χ1v) is 16.7. The summed E-state index contributed by atoms with van der Waals surface area (Å²) in [6.45, 7) is 11.0. The molecule has 6 aromatic carbocycles. The Morgan fingerprint density at radius 3 is 1.85 bits per heavy atom. The van der Waals surface area contributed by atoms with Crippen LogP contribution in [0.4, 0.5) is 8.78 Å². The van der Waals surface area contributed by atoms with Crippen LogP contribution >= 0.6 is 0 Å². The fourth-order valence-corrected chi connectivity index (χ4v) is 7.13. The number of aromatic nitrogens is 2. The molecule has 0 amide bonds. The fourth-order valence-electron chi connectivity index (χ4n) is 7.13. The number of nitrogens with zero attached hydrogens (tertiary/aromatic N) is 2. The number of fused-ring (bicyclic) bond motifs is 2. The van der Waals surface area contributed by atoms with Gasteiger partial charge in [0.15, 0.2) is 11.0 Å². The number of hydrogen-bond acceptors (Lipinski definition) is 0. The van der Waals surface area contributed by atoms with Gasteiger partial charge in [0.25, 0.3) is 12.2 Å². The summed E-state index contributed by atoms with van der Waals surface area (Å²) in [6.07, 6.45) is -3.71. The zero-order valence-electron chi connectivity index (χ0n) is 29.4. The second-order valence-electron chi connectivity index (χ2n) is 13.4. The summed E-state index contributed by atoms with van der Waals surface area (Å²) in [5, 5.41) is 2.21. The molecule has 0 N–H and O–H groups in total. The van der Waals surface area contributed by atoms with Gasteiger partial charge in [-0.05, 0) is 87.7 Å². The molecule has 1 aromatic heterocycles. The zero-order valence-corrected chi connectivity index (χ0v) is 28.4. The van der Waals surface area contributed by atoms with Crippen molar-refractivity contribution >= 4 is 21.8 Å². The molecule has 0 fully saturated rings. The van der Waals surface area contributed by atoms with E-state index >= 15 is 0 Å². The van der Waals surface area contributed by atoms with Gasteiger partial charge in [-0.15, -0.1) is 0 Å². The summed E-state index contributed by atoms with van der Waals surface area (Å²) >= 11 is 0. The molecule has 0 aliphatic carbocycles. The number of alkyl halides is 2. The molecule has 0 aliphatic rings. The smallest absolute Gasteiger partial charge is 0.225 e. The van der Waals surface area contributed by atoms with Gasteiger partial charge in [-0.25, -0.2) is 13.3 Å². The van der Waals surface area contributed by atoms with Crippen molar-refractivity contribution in [3.63, 3.8) is 0 Å². The Bertz CT molecular complexity index is 2300. The van der Waals surface area contributed by atoms with E-state index in [1.165, 1.54) is 34.4 Å². The standard InChI is InChI=1S/C44H41F2N2/c1-27(2)37-24-35(32-20-18-31(19-21-32)30-12-8-7-9-13-30)25-38(28(3)4)42(37)48-39-23-22-34(43(45)46)26-40(39)47(6)44(48)41-29(5)16-17-33-14-10-11-15-36(33)41/h7-28,43H,1-6H3/q+1/i43D. The van der Waals surface area contributed by atoms with E-state index in [-0.39, 0.29) is 17.4 Å². The molecule has 0 saturated carbocycles. The minimum absolute atomic E-state index is 0.164. The van der Waals surface area contributed by atoms with Crippen molar-refractivity contribution in [2.75, 3.05) is 0 Å². The molecule has 0 bridgehead atoms. The van der Waals surface area contributed by atoms with E-state index in [4.69, 9.17) is 1.37 Å². The second kappa shape index (κ2) is 12.5. The molecule has 48 heavy (non-hydrogen) atoms. The lowest BCUT2D eigenvalue weighted by Gasteiger charge is -2.21. The molecular formula is C44H41F2N2+. The van der Waals surface area contributed by atoms with Gasteiger partial charge < -0.3 is 0 Å². The van der Waals surface area contributed by atoms with Crippen molar-refractivity contribution in [1.82, 2.24) is 4.57 Å². The highest BCUT2D eigenvalue weighted by Gasteiger charge is 2.33. The third-order valence-electron chi connectivity index (χ3n) is 9.65. The van der Waals surface area contributed by atoms with Crippen molar-refractivity contribution < 1.29 is 14.7 Å². The summed E-state index contributed by atoms with van der Waals surface area (Å²) in [4.78, 5) is 0. The monoisotopic (exact) mass is 636 g/mol. The average molecular weight is 637 g/mol. The van der Waals surface area contributed by atoms with Crippen LogP contribution in [-0.2, 0) is 7.05 Å². The van der Waals surface area contributed by atoms with Gasteiger partial charge >= 0.3 is 0 Å². The van der Waals surface area contributed by atoms with Gasteiger partial charge in [0.05, 0.1) is 12.6 Å². The van der Waals surface area contributed by atoms with Gasteiger partial charge in [0.2, 0.25) is 0 Å². The van der Waals surface area contributed by atoms with Gasteiger partial charge in [0, 0.05) is 16.7 Å². The predicted molar refractivity (Wildman–Crippen MR) is 196 cm³/mol. The lowest BCUT2D eigenvalue weighted by molar-refractivity contribution is -0.633. The van der Waals surface area contributed by atoms with Gasteiger partial charge in [-0.2, -0.15) is 4.57 Å². The van der Waals surface area contributed by atoms with Crippen LogP contribution in [0.5, 0.6) is 0 Å². The molecule has 0 radical (unpaired) electrons. The number of imidazole rings is 1. The number of benzene rings is 6. The van der Waals surface area contributed by atoms with Crippen molar-refractivity contribution in [3.8, 4) is 39.3 Å². The SMILES string of the molecule is [2H]C(F)(F)c1ccc2c(c1)[n+](C)c(-c1c(C)ccc3ccccc13)n2-c1c(C(C)C)cc(-c2ccc(-c3ccccc3)cc2)cc1C(C)C.